The van der Waals surface area contributed by atoms with Crippen molar-refractivity contribution in [3.63, 3.8) is 0 Å². The molecule has 22 heavy (non-hydrogen) atoms. The Morgan fingerprint density at radius 2 is 2.09 bits per heavy atom. The van der Waals surface area contributed by atoms with E-state index in [0.29, 0.717) is 11.1 Å². The number of likely N-dealkylation sites (N-methyl/N-ethyl adjacent to an activating group) is 1. The molecule has 2 N–H and O–H groups in total. The van der Waals surface area contributed by atoms with Gasteiger partial charge in [0.2, 0.25) is 11.8 Å². The van der Waals surface area contributed by atoms with Crippen LogP contribution in [0.25, 0.3) is 0 Å². The number of carbonyl (C=O) groups excluding carboxylic acids is 2. The second-order valence-corrected chi connectivity index (χ2v) is 6.02. The molecule has 0 aromatic carbocycles. The molecule has 0 bridgehead atoms. The number of nitrogens with zero attached hydrogens (tertiary/aromatic N) is 2. The van der Waals surface area contributed by atoms with E-state index < -0.39 is 6.04 Å². The summed E-state index contributed by atoms with van der Waals surface area (Å²) in [6.45, 7) is 4.87. The topological polar surface area (TPSA) is 83.6 Å². The van der Waals surface area contributed by atoms with Gasteiger partial charge in [-0.1, -0.05) is 6.07 Å². The molecule has 0 radical (unpaired) electrons. The molecule has 2 saturated heterocycles. The molecule has 1 spiro atoms. The molecule has 1 atom stereocenters. The van der Waals surface area contributed by atoms with E-state index in [1.807, 2.05) is 12.1 Å². The van der Waals surface area contributed by atoms with Crippen molar-refractivity contribution in [3.05, 3.63) is 23.9 Å². The molecule has 7 heteroatoms. The molecule has 1 unspecified atom stereocenters. The molecule has 1 aromatic rings. The number of nitrogens with one attached hydrogen (secondary N) is 2. The highest BCUT2D eigenvalue weighted by atomic mass is 16.5. The summed E-state index contributed by atoms with van der Waals surface area (Å²) in [6, 6.07) is 4.76. The van der Waals surface area contributed by atoms with Gasteiger partial charge in [-0.15, -0.1) is 0 Å². The summed E-state index contributed by atoms with van der Waals surface area (Å²) in [7, 11) is 1.54. The predicted octanol–water partition coefficient (Wildman–Crippen LogP) is -0.159. The molecule has 1 aromatic heterocycles. The Morgan fingerprint density at radius 3 is 2.64 bits per heavy atom. The lowest BCUT2D eigenvalue weighted by Crippen LogP contribution is -2.66. The smallest absolute Gasteiger partial charge is 0.248 e. The van der Waals surface area contributed by atoms with Crippen LogP contribution in [0.2, 0.25) is 0 Å². The number of hydrogen-bond acceptors (Lipinski definition) is 5. The van der Waals surface area contributed by atoms with Gasteiger partial charge in [-0.3, -0.25) is 9.59 Å². The standard InChI is InChI=1S/C15H20N4O3/c1-10(20)17-13(14(21)16-2)11-4-3-5-12(18-11)19-6-15(7-19)8-22-9-15/h3-5,13H,6-9H2,1-2H3,(H,16,21)(H,17,20). The maximum Gasteiger partial charge on any atom is 0.248 e. The molecule has 2 fully saturated rings. The van der Waals surface area contributed by atoms with Crippen molar-refractivity contribution in [1.82, 2.24) is 15.6 Å². The Hall–Kier alpha value is -2.15. The minimum Gasteiger partial charge on any atom is -0.380 e. The fourth-order valence-electron chi connectivity index (χ4n) is 2.90. The zero-order chi connectivity index (χ0) is 15.7. The summed E-state index contributed by atoms with van der Waals surface area (Å²) in [5, 5.41) is 5.19. The monoisotopic (exact) mass is 304 g/mol. The molecule has 7 nitrogen and oxygen atoms in total. The number of hydrogen-bond donors (Lipinski definition) is 2. The summed E-state index contributed by atoms with van der Waals surface area (Å²) in [5.74, 6) is 0.275. The number of ether oxygens (including phenoxy) is 1. The molecule has 118 valence electrons. The third-order valence-corrected chi connectivity index (χ3v) is 4.10. The van der Waals surface area contributed by atoms with E-state index in [1.165, 1.54) is 14.0 Å². The van der Waals surface area contributed by atoms with Crippen LogP contribution in [0, 0.1) is 5.41 Å². The van der Waals surface area contributed by atoms with Gasteiger partial charge in [0, 0.05) is 27.1 Å². The van der Waals surface area contributed by atoms with Gasteiger partial charge in [-0.25, -0.2) is 4.98 Å². The van der Waals surface area contributed by atoms with Gasteiger partial charge in [0.05, 0.1) is 24.3 Å². The van der Waals surface area contributed by atoms with Crippen molar-refractivity contribution in [3.8, 4) is 0 Å². The normalized spacial score (nSPS) is 19.8. The lowest BCUT2D eigenvalue weighted by atomic mass is 9.78. The Kier molecular flexibility index (Phi) is 3.74. The first-order chi connectivity index (χ1) is 10.5. The highest BCUT2D eigenvalue weighted by Gasteiger charge is 2.49. The largest absolute Gasteiger partial charge is 0.380 e. The van der Waals surface area contributed by atoms with Crippen LogP contribution in [0.1, 0.15) is 18.7 Å². The molecule has 3 heterocycles. The van der Waals surface area contributed by atoms with Crippen LogP contribution in [0.3, 0.4) is 0 Å². The molecule has 3 rings (SSSR count). The van der Waals surface area contributed by atoms with Crippen LogP contribution in [-0.2, 0) is 14.3 Å². The van der Waals surface area contributed by atoms with Gasteiger partial charge in [0.15, 0.2) is 6.04 Å². The molecular formula is C15H20N4O3. The van der Waals surface area contributed by atoms with E-state index in [9.17, 15) is 9.59 Å². The van der Waals surface area contributed by atoms with Gasteiger partial charge in [0.25, 0.3) is 0 Å². The molecule has 0 aliphatic carbocycles. The number of pyridine rings is 1. The Balaban J connectivity index is 1.76. The van der Waals surface area contributed by atoms with Crippen molar-refractivity contribution in [2.45, 2.75) is 13.0 Å². The minimum absolute atomic E-state index is 0.268. The maximum absolute atomic E-state index is 12.0. The van der Waals surface area contributed by atoms with Crippen LogP contribution in [0.5, 0.6) is 0 Å². The summed E-state index contributed by atoms with van der Waals surface area (Å²) in [5.41, 5.74) is 0.841. The van der Waals surface area contributed by atoms with Crippen LogP contribution in [0.4, 0.5) is 5.82 Å². The van der Waals surface area contributed by atoms with Crippen molar-refractivity contribution in [2.75, 3.05) is 38.3 Å². The van der Waals surface area contributed by atoms with E-state index in [1.54, 1.807) is 6.07 Å². The number of anilines is 1. The van der Waals surface area contributed by atoms with Crippen molar-refractivity contribution < 1.29 is 14.3 Å². The van der Waals surface area contributed by atoms with E-state index in [0.717, 1.165) is 32.1 Å². The van der Waals surface area contributed by atoms with Crippen molar-refractivity contribution in [2.24, 2.45) is 5.41 Å². The lowest BCUT2D eigenvalue weighted by Gasteiger charge is -2.55. The first-order valence-electron chi connectivity index (χ1n) is 7.31. The average Bonchev–Trinajstić information content (AvgIpc) is 2.41. The first-order valence-corrected chi connectivity index (χ1v) is 7.31. The Bertz CT molecular complexity index is 592. The second kappa shape index (κ2) is 5.57. The zero-order valence-corrected chi connectivity index (χ0v) is 12.8. The van der Waals surface area contributed by atoms with E-state index in [2.05, 4.69) is 20.5 Å². The highest BCUT2D eigenvalue weighted by Crippen LogP contribution is 2.39. The molecule has 2 amide bonds. The minimum atomic E-state index is -0.773. The fraction of sp³-hybridized carbons (Fsp3) is 0.533. The van der Waals surface area contributed by atoms with Gasteiger partial charge in [0.1, 0.15) is 5.82 Å². The summed E-state index contributed by atoms with van der Waals surface area (Å²) in [6.07, 6.45) is 0. The van der Waals surface area contributed by atoms with Gasteiger partial charge in [-0.2, -0.15) is 0 Å². The van der Waals surface area contributed by atoms with Crippen LogP contribution in [0.15, 0.2) is 18.2 Å². The van der Waals surface area contributed by atoms with E-state index in [-0.39, 0.29) is 11.8 Å². The SMILES string of the molecule is CNC(=O)C(NC(C)=O)c1cccc(N2CC3(COC3)C2)n1. The second-order valence-electron chi connectivity index (χ2n) is 6.02. The first kappa shape index (κ1) is 14.8. The number of carbonyl (C=O) groups is 2. The lowest BCUT2D eigenvalue weighted by molar-refractivity contribution is -0.128. The average molecular weight is 304 g/mol. The quantitative estimate of drug-likeness (QED) is 0.808. The van der Waals surface area contributed by atoms with E-state index in [4.69, 9.17) is 4.74 Å². The van der Waals surface area contributed by atoms with Gasteiger partial charge in [-0.05, 0) is 12.1 Å². The summed E-state index contributed by atoms with van der Waals surface area (Å²) >= 11 is 0. The summed E-state index contributed by atoms with van der Waals surface area (Å²) in [4.78, 5) is 30.0. The van der Waals surface area contributed by atoms with Crippen LogP contribution in [-0.4, -0.2) is 50.1 Å². The predicted molar refractivity (Wildman–Crippen MR) is 80.3 cm³/mol. The molecular weight excluding hydrogens is 284 g/mol. The highest BCUT2D eigenvalue weighted by molar-refractivity contribution is 5.87. The van der Waals surface area contributed by atoms with Crippen LogP contribution < -0.4 is 15.5 Å². The summed E-state index contributed by atoms with van der Waals surface area (Å²) < 4.78 is 5.27. The molecule has 2 aliphatic heterocycles. The number of amides is 2. The Labute approximate surface area is 129 Å². The van der Waals surface area contributed by atoms with Gasteiger partial charge >= 0.3 is 0 Å². The van der Waals surface area contributed by atoms with Crippen molar-refractivity contribution in [1.29, 1.82) is 0 Å². The maximum atomic E-state index is 12.0. The number of rotatable bonds is 4. The Morgan fingerprint density at radius 1 is 1.36 bits per heavy atom. The van der Waals surface area contributed by atoms with Gasteiger partial charge < -0.3 is 20.3 Å². The molecule has 0 saturated carbocycles. The fourth-order valence-corrected chi connectivity index (χ4v) is 2.90. The third kappa shape index (κ3) is 2.64. The molecule has 2 aliphatic rings. The van der Waals surface area contributed by atoms with E-state index >= 15 is 0 Å². The third-order valence-electron chi connectivity index (χ3n) is 4.10. The number of aromatic nitrogens is 1. The zero-order valence-electron chi connectivity index (χ0n) is 12.8. The van der Waals surface area contributed by atoms with Crippen LogP contribution >= 0.6 is 0 Å². The van der Waals surface area contributed by atoms with Crippen molar-refractivity contribution >= 4 is 17.6 Å².